The van der Waals surface area contributed by atoms with E-state index in [2.05, 4.69) is 22.6 Å². The summed E-state index contributed by atoms with van der Waals surface area (Å²) in [5.41, 5.74) is -1.26. The van der Waals surface area contributed by atoms with Crippen molar-refractivity contribution in [1.29, 1.82) is 0 Å². The van der Waals surface area contributed by atoms with E-state index in [0.717, 1.165) is 3.57 Å². The second-order valence-corrected chi connectivity index (χ2v) is 5.81. The van der Waals surface area contributed by atoms with E-state index in [4.69, 9.17) is 9.84 Å². The molecule has 0 fully saturated rings. The topological polar surface area (TPSA) is 66.8 Å². The molecule has 0 radical (unpaired) electrons. The van der Waals surface area contributed by atoms with Crippen LogP contribution in [-0.4, -0.2) is 41.1 Å². The van der Waals surface area contributed by atoms with E-state index in [1.54, 1.807) is 12.1 Å². The maximum absolute atomic E-state index is 11.9. The fourth-order valence-electron chi connectivity index (χ4n) is 1.23. The third kappa shape index (κ3) is 4.09. The molecule has 0 aliphatic carbocycles. The molecule has 1 aromatic rings. The molecule has 5 nitrogen and oxygen atoms in total. The largest absolute Gasteiger partial charge is 0.484 e. The zero-order chi connectivity index (χ0) is 14.6. The van der Waals surface area contributed by atoms with Crippen LogP contribution in [0.2, 0.25) is 0 Å². The van der Waals surface area contributed by atoms with E-state index in [1.165, 1.54) is 25.8 Å². The molecule has 0 saturated carbocycles. The number of rotatable bonds is 5. The van der Waals surface area contributed by atoms with Crippen molar-refractivity contribution >= 4 is 34.5 Å². The number of halogens is 1. The van der Waals surface area contributed by atoms with Gasteiger partial charge >= 0.3 is 5.97 Å². The van der Waals surface area contributed by atoms with Gasteiger partial charge in [-0.15, -0.1) is 0 Å². The van der Waals surface area contributed by atoms with Crippen molar-refractivity contribution in [3.05, 3.63) is 27.8 Å². The minimum absolute atomic E-state index is 0.187. The number of aliphatic carboxylic acids is 1. The maximum Gasteiger partial charge on any atom is 0.329 e. The lowest BCUT2D eigenvalue weighted by molar-refractivity contribution is -0.156. The molecular formula is C13H16INO4. The molecule has 0 unspecified atom stereocenters. The van der Waals surface area contributed by atoms with Crippen LogP contribution >= 0.6 is 22.6 Å². The van der Waals surface area contributed by atoms with Crippen LogP contribution in [0.25, 0.3) is 0 Å². The summed E-state index contributed by atoms with van der Waals surface area (Å²) in [6.07, 6.45) is 0. The molecule has 0 aliphatic heterocycles. The second-order valence-electron chi connectivity index (χ2n) is 4.56. The Morgan fingerprint density at radius 1 is 1.32 bits per heavy atom. The number of carbonyl (C=O) groups excluding carboxylic acids is 1. The molecule has 6 heteroatoms. The van der Waals surface area contributed by atoms with Crippen LogP contribution in [0.3, 0.4) is 0 Å². The number of likely N-dealkylation sites (N-methyl/N-ethyl adjacent to an activating group) is 1. The van der Waals surface area contributed by atoms with Crippen LogP contribution in [0.15, 0.2) is 24.3 Å². The normalized spacial score (nSPS) is 10.9. The van der Waals surface area contributed by atoms with Crippen LogP contribution in [0, 0.1) is 3.57 Å². The number of nitrogens with zero attached hydrogens (tertiary/aromatic N) is 1. The fourth-order valence-corrected chi connectivity index (χ4v) is 1.59. The number of amides is 1. The summed E-state index contributed by atoms with van der Waals surface area (Å²) in [4.78, 5) is 24.1. The molecule has 0 atom stereocenters. The highest BCUT2D eigenvalue weighted by Gasteiger charge is 2.35. The summed E-state index contributed by atoms with van der Waals surface area (Å²) in [7, 11) is 1.45. The number of hydrogen-bond donors (Lipinski definition) is 1. The molecule has 0 aromatic heterocycles. The van der Waals surface area contributed by atoms with Crippen LogP contribution in [0.1, 0.15) is 13.8 Å². The van der Waals surface area contributed by atoms with E-state index >= 15 is 0 Å². The van der Waals surface area contributed by atoms with Gasteiger partial charge in [-0.1, -0.05) is 0 Å². The van der Waals surface area contributed by atoms with Gasteiger partial charge in [0.15, 0.2) is 6.61 Å². The Morgan fingerprint density at radius 2 is 1.84 bits per heavy atom. The minimum Gasteiger partial charge on any atom is -0.484 e. The van der Waals surface area contributed by atoms with Gasteiger partial charge in [-0.2, -0.15) is 0 Å². The Kier molecular flexibility index (Phi) is 5.16. The number of carboxylic acids is 1. The van der Waals surface area contributed by atoms with Gasteiger partial charge in [-0.05, 0) is 60.7 Å². The number of ether oxygens (including phenoxy) is 1. The average Bonchev–Trinajstić information content (AvgIpc) is 2.36. The highest BCUT2D eigenvalue weighted by molar-refractivity contribution is 14.1. The lowest BCUT2D eigenvalue weighted by Crippen LogP contribution is -2.52. The standard InChI is InChI=1S/C13H16INO4/c1-13(2,12(17)18)15(3)11(16)8-19-10-6-4-9(14)5-7-10/h4-7H,8H2,1-3H3,(H,17,18). The maximum atomic E-state index is 11.9. The molecule has 104 valence electrons. The molecule has 19 heavy (non-hydrogen) atoms. The van der Waals surface area contributed by atoms with E-state index in [-0.39, 0.29) is 12.5 Å². The van der Waals surface area contributed by atoms with Gasteiger partial charge in [-0.25, -0.2) is 4.79 Å². The van der Waals surface area contributed by atoms with E-state index < -0.39 is 11.5 Å². The number of benzene rings is 1. The van der Waals surface area contributed by atoms with Gasteiger partial charge in [0.2, 0.25) is 0 Å². The molecule has 0 bridgehead atoms. The van der Waals surface area contributed by atoms with Gasteiger partial charge in [-0.3, -0.25) is 4.79 Å². The molecule has 0 heterocycles. The Morgan fingerprint density at radius 3 is 2.32 bits per heavy atom. The summed E-state index contributed by atoms with van der Waals surface area (Å²) in [6.45, 7) is 2.75. The van der Waals surface area contributed by atoms with E-state index in [1.807, 2.05) is 12.1 Å². The molecule has 1 rings (SSSR count). The predicted molar refractivity (Wildman–Crippen MR) is 79.1 cm³/mol. The monoisotopic (exact) mass is 377 g/mol. The summed E-state index contributed by atoms with van der Waals surface area (Å²) in [5, 5.41) is 9.04. The Bertz CT molecular complexity index is 470. The fraction of sp³-hybridized carbons (Fsp3) is 0.385. The highest BCUT2D eigenvalue weighted by Crippen LogP contribution is 2.15. The first kappa shape index (κ1) is 15.7. The van der Waals surface area contributed by atoms with Gasteiger partial charge in [0, 0.05) is 10.6 Å². The number of carbonyl (C=O) groups is 2. The Hall–Kier alpha value is -1.31. The third-order valence-electron chi connectivity index (χ3n) is 2.91. The van der Waals surface area contributed by atoms with Crippen LogP contribution in [0.4, 0.5) is 0 Å². The highest BCUT2D eigenvalue weighted by atomic mass is 127. The first-order valence-electron chi connectivity index (χ1n) is 5.63. The molecule has 1 N–H and O–H groups in total. The summed E-state index contributed by atoms with van der Waals surface area (Å²) in [5.74, 6) is -0.862. The molecule has 0 spiro atoms. The molecular weight excluding hydrogens is 361 g/mol. The Balaban J connectivity index is 2.61. The summed E-state index contributed by atoms with van der Waals surface area (Å²) >= 11 is 2.17. The van der Waals surface area contributed by atoms with E-state index in [0.29, 0.717) is 5.75 Å². The average molecular weight is 377 g/mol. The molecule has 1 aromatic carbocycles. The van der Waals surface area contributed by atoms with Crippen LogP contribution < -0.4 is 4.74 Å². The number of hydrogen-bond acceptors (Lipinski definition) is 3. The molecule has 0 aliphatic rings. The van der Waals surface area contributed by atoms with Crippen LogP contribution in [-0.2, 0) is 9.59 Å². The SMILES string of the molecule is CN(C(=O)COc1ccc(I)cc1)C(C)(C)C(=O)O. The zero-order valence-electron chi connectivity index (χ0n) is 11.0. The van der Waals surface area contributed by atoms with Gasteiger partial charge in [0.1, 0.15) is 11.3 Å². The smallest absolute Gasteiger partial charge is 0.329 e. The van der Waals surface area contributed by atoms with Crippen molar-refractivity contribution in [2.24, 2.45) is 0 Å². The van der Waals surface area contributed by atoms with Gasteiger partial charge < -0.3 is 14.7 Å². The number of carboxylic acid groups (broad SMARTS) is 1. The van der Waals surface area contributed by atoms with Crippen molar-refractivity contribution < 1.29 is 19.4 Å². The first-order valence-corrected chi connectivity index (χ1v) is 6.71. The zero-order valence-corrected chi connectivity index (χ0v) is 13.2. The van der Waals surface area contributed by atoms with Gasteiger partial charge in [0.25, 0.3) is 5.91 Å². The predicted octanol–water partition coefficient (Wildman–Crippen LogP) is 1.99. The van der Waals surface area contributed by atoms with Crippen molar-refractivity contribution in [2.75, 3.05) is 13.7 Å². The van der Waals surface area contributed by atoms with Crippen molar-refractivity contribution in [1.82, 2.24) is 4.90 Å². The van der Waals surface area contributed by atoms with Gasteiger partial charge in [0.05, 0.1) is 0 Å². The summed E-state index contributed by atoms with van der Waals surface area (Å²) < 4.78 is 6.40. The first-order chi connectivity index (χ1) is 8.75. The minimum atomic E-state index is -1.26. The lowest BCUT2D eigenvalue weighted by atomic mass is 10.0. The Labute approximate surface area is 125 Å². The second kappa shape index (κ2) is 6.23. The van der Waals surface area contributed by atoms with Crippen molar-refractivity contribution in [3.63, 3.8) is 0 Å². The molecule has 0 saturated heterocycles. The quantitative estimate of drug-likeness (QED) is 0.798. The third-order valence-corrected chi connectivity index (χ3v) is 3.63. The summed E-state index contributed by atoms with van der Waals surface area (Å²) in [6, 6.07) is 7.26. The van der Waals surface area contributed by atoms with E-state index in [9.17, 15) is 9.59 Å². The van der Waals surface area contributed by atoms with Crippen molar-refractivity contribution in [2.45, 2.75) is 19.4 Å². The lowest BCUT2D eigenvalue weighted by Gasteiger charge is -2.31. The van der Waals surface area contributed by atoms with Crippen LogP contribution in [0.5, 0.6) is 5.75 Å². The molecule has 1 amide bonds. The van der Waals surface area contributed by atoms with Crippen molar-refractivity contribution in [3.8, 4) is 5.75 Å².